The van der Waals surface area contributed by atoms with Crippen molar-refractivity contribution in [2.75, 3.05) is 5.32 Å². The van der Waals surface area contributed by atoms with E-state index in [0.29, 0.717) is 11.4 Å². The van der Waals surface area contributed by atoms with Crippen molar-refractivity contribution in [1.29, 1.82) is 0 Å². The van der Waals surface area contributed by atoms with Crippen LogP contribution in [0.15, 0.2) is 40.1 Å². The van der Waals surface area contributed by atoms with Gasteiger partial charge in [-0.3, -0.25) is 19.1 Å². The molecule has 0 radical (unpaired) electrons. The highest BCUT2D eigenvalue weighted by Crippen LogP contribution is 2.34. The van der Waals surface area contributed by atoms with Crippen LogP contribution in [0, 0.1) is 5.82 Å². The fourth-order valence-electron chi connectivity index (χ4n) is 4.59. The molecule has 3 aromatic heterocycles. The second-order valence-corrected chi connectivity index (χ2v) is 9.01. The number of hydrogen-bond donors (Lipinski definition) is 2. The molecule has 0 bridgehead atoms. The first-order valence-electron chi connectivity index (χ1n) is 11.7. The van der Waals surface area contributed by atoms with Crippen LogP contribution in [0.3, 0.4) is 0 Å². The zero-order chi connectivity index (χ0) is 24.1. The van der Waals surface area contributed by atoms with Crippen LogP contribution in [0.5, 0.6) is 0 Å². The molecule has 0 spiro atoms. The number of aromatic nitrogens is 6. The number of halogens is 1. The van der Waals surface area contributed by atoms with Gasteiger partial charge in [0.2, 0.25) is 0 Å². The van der Waals surface area contributed by atoms with Gasteiger partial charge in [-0.2, -0.15) is 0 Å². The highest BCUT2D eigenvalue weighted by atomic mass is 19.1. The molecule has 1 fully saturated rings. The van der Waals surface area contributed by atoms with Crippen molar-refractivity contribution in [3.8, 4) is 11.4 Å². The Bertz CT molecular complexity index is 1600. The standard InChI is InChI=1S/C24H22FN7O3/c25-17-8-5-13(20-30-29-19-4-2-1-3-9-31(19)20)11-18(17)27-22(33)14-10-16-21(26-12-14)32(15-6-7-15)24(35)28-23(16)34/h5,8,10-12,15H,1-4,6-7,9H2,(H,27,33)(H,28,34,35). The summed E-state index contributed by atoms with van der Waals surface area (Å²) in [5.41, 5.74) is -0.201. The van der Waals surface area contributed by atoms with E-state index in [1.165, 1.54) is 29.0 Å². The number of nitrogens with one attached hydrogen (secondary N) is 2. The lowest BCUT2D eigenvalue weighted by Gasteiger charge is -2.11. The van der Waals surface area contributed by atoms with Crippen LogP contribution >= 0.6 is 0 Å². The van der Waals surface area contributed by atoms with Gasteiger partial charge in [0, 0.05) is 30.8 Å². The topological polar surface area (TPSA) is 128 Å². The van der Waals surface area contributed by atoms with E-state index in [2.05, 4.69) is 25.5 Å². The number of aryl methyl sites for hydroxylation is 1. The van der Waals surface area contributed by atoms with Gasteiger partial charge < -0.3 is 9.88 Å². The molecule has 4 heterocycles. The highest BCUT2D eigenvalue weighted by Gasteiger charge is 2.28. The lowest BCUT2D eigenvalue weighted by Crippen LogP contribution is -2.30. The third kappa shape index (κ3) is 3.82. The monoisotopic (exact) mass is 475 g/mol. The number of carbonyl (C=O) groups is 1. The van der Waals surface area contributed by atoms with Crippen LogP contribution < -0.4 is 16.6 Å². The summed E-state index contributed by atoms with van der Waals surface area (Å²) in [7, 11) is 0. The maximum absolute atomic E-state index is 14.6. The summed E-state index contributed by atoms with van der Waals surface area (Å²) in [5.74, 6) is 0.310. The number of fused-ring (bicyclic) bond motifs is 2. The Hall–Kier alpha value is -4.15. The molecule has 2 aliphatic rings. The summed E-state index contributed by atoms with van der Waals surface area (Å²) in [6.07, 6.45) is 6.99. The van der Waals surface area contributed by atoms with E-state index < -0.39 is 23.0 Å². The molecule has 0 saturated heterocycles. The molecule has 11 heteroatoms. The van der Waals surface area contributed by atoms with E-state index in [1.54, 1.807) is 6.07 Å². The molecule has 0 atom stereocenters. The first-order valence-corrected chi connectivity index (χ1v) is 11.7. The minimum atomic E-state index is -0.626. The van der Waals surface area contributed by atoms with Gasteiger partial charge in [0.05, 0.1) is 16.6 Å². The second kappa shape index (κ2) is 8.26. The molecule has 6 rings (SSSR count). The SMILES string of the molecule is O=C(Nc1cc(-c2nnc3n2CCCCC3)ccc1F)c1cnc2c(c1)c(=O)[nH]c(=O)n2C1CC1. The predicted molar refractivity (Wildman–Crippen MR) is 126 cm³/mol. The number of carbonyl (C=O) groups excluding carboxylic acids is 1. The molecular formula is C24H22FN7O3. The van der Waals surface area contributed by atoms with Crippen LogP contribution in [0.4, 0.5) is 10.1 Å². The van der Waals surface area contributed by atoms with Crippen molar-refractivity contribution in [2.24, 2.45) is 0 Å². The van der Waals surface area contributed by atoms with E-state index in [0.717, 1.165) is 50.9 Å². The molecule has 1 aliphatic carbocycles. The number of benzene rings is 1. The van der Waals surface area contributed by atoms with Crippen LogP contribution in [0.2, 0.25) is 0 Å². The Balaban J connectivity index is 1.33. The van der Waals surface area contributed by atoms with Crippen LogP contribution in [0.1, 0.15) is 54.3 Å². The van der Waals surface area contributed by atoms with Crippen LogP contribution in [0.25, 0.3) is 22.4 Å². The first kappa shape index (κ1) is 21.4. The zero-order valence-corrected chi connectivity index (χ0v) is 18.8. The number of rotatable bonds is 4. The maximum atomic E-state index is 14.6. The van der Waals surface area contributed by atoms with Crippen molar-refractivity contribution in [3.05, 3.63) is 68.5 Å². The summed E-state index contributed by atoms with van der Waals surface area (Å²) >= 11 is 0. The number of pyridine rings is 1. The van der Waals surface area contributed by atoms with Crippen molar-refractivity contribution in [3.63, 3.8) is 0 Å². The highest BCUT2D eigenvalue weighted by molar-refractivity contribution is 6.05. The minimum Gasteiger partial charge on any atom is -0.319 e. The van der Waals surface area contributed by atoms with E-state index in [-0.39, 0.29) is 28.3 Å². The largest absolute Gasteiger partial charge is 0.330 e. The maximum Gasteiger partial charge on any atom is 0.330 e. The van der Waals surface area contributed by atoms with Gasteiger partial charge in [0.1, 0.15) is 17.3 Å². The Morgan fingerprint density at radius 1 is 1.11 bits per heavy atom. The van der Waals surface area contributed by atoms with E-state index in [1.807, 2.05) is 4.57 Å². The second-order valence-electron chi connectivity index (χ2n) is 9.01. The smallest absolute Gasteiger partial charge is 0.319 e. The number of aromatic amines is 1. The van der Waals surface area contributed by atoms with Gasteiger partial charge in [0.15, 0.2) is 5.82 Å². The summed E-state index contributed by atoms with van der Waals surface area (Å²) in [6, 6.07) is 5.79. The number of anilines is 1. The molecule has 1 aliphatic heterocycles. The molecule has 4 aromatic rings. The number of H-pyrrole nitrogens is 1. The van der Waals surface area contributed by atoms with Gasteiger partial charge in [-0.1, -0.05) is 6.42 Å². The number of nitrogens with zero attached hydrogens (tertiary/aromatic N) is 5. The molecule has 1 amide bonds. The van der Waals surface area contributed by atoms with Crippen molar-refractivity contribution in [1.82, 2.24) is 29.3 Å². The minimum absolute atomic E-state index is 0.00180. The Morgan fingerprint density at radius 3 is 2.80 bits per heavy atom. The summed E-state index contributed by atoms with van der Waals surface area (Å²) in [6.45, 7) is 0.792. The Kier molecular flexibility index (Phi) is 5.05. The van der Waals surface area contributed by atoms with Gasteiger partial charge in [-0.05, 0) is 49.9 Å². The van der Waals surface area contributed by atoms with Crippen LogP contribution in [-0.4, -0.2) is 35.2 Å². The summed E-state index contributed by atoms with van der Waals surface area (Å²) in [5, 5.41) is 11.3. The quantitative estimate of drug-likeness (QED) is 0.467. The lowest BCUT2D eigenvalue weighted by atomic mass is 10.1. The summed E-state index contributed by atoms with van der Waals surface area (Å²) < 4.78 is 18.1. The molecule has 1 saturated carbocycles. The predicted octanol–water partition coefficient (Wildman–Crippen LogP) is 2.80. The number of amides is 1. The zero-order valence-electron chi connectivity index (χ0n) is 18.8. The molecule has 35 heavy (non-hydrogen) atoms. The molecule has 178 valence electrons. The van der Waals surface area contributed by atoms with E-state index in [4.69, 9.17) is 0 Å². The third-order valence-corrected chi connectivity index (χ3v) is 6.54. The van der Waals surface area contributed by atoms with E-state index >= 15 is 0 Å². The van der Waals surface area contributed by atoms with Crippen molar-refractivity contribution >= 4 is 22.6 Å². The first-order chi connectivity index (χ1) is 17.0. The van der Waals surface area contributed by atoms with Crippen molar-refractivity contribution in [2.45, 2.75) is 51.1 Å². The Labute approximate surface area is 197 Å². The molecule has 2 N–H and O–H groups in total. The molecule has 0 unspecified atom stereocenters. The molecular weight excluding hydrogens is 453 g/mol. The van der Waals surface area contributed by atoms with Gasteiger partial charge in [-0.15, -0.1) is 10.2 Å². The normalized spacial score (nSPS) is 15.6. The average molecular weight is 475 g/mol. The molecule has 10 nitrogen and oxygen atoms in total. The van der Waals surface area contributed by atoms with Crippen LogP contribution in [-0.2, 0) is 13.0 Å². The van der Waals surface area contributed by atoms with Crippen molar-refractivity contribution < 1.29 is 9.18 Å². The van der Waals surface area contributed by atoms with Gasteiger partial charge in [0.25, 0.3) is 11.5 Å². The van der Waals surface area contributed by atoms with Gasteiger partial charge >= 0.3 is 5.69 Å². The fourth-order valence-corrected chi connectivity index (χ4v) is 4.59. The van der Waals surface area contributed by atoms with Gasteiger partial charge in [-0.25, -0.2) is 14.2 Å². The number of hydrogen-bond acceptors (Lipinski definition) is 6. The lowest BCUT2D eigenvalue weighted by molar-refractivity contribution is 0.102. The average Bonchev–Trinajstić information content (AvgIpc) is 3.64. The fraction of sp³-hybridized carbons (Fsp3) is 0.333. The molecule has 1 aromatic carbocycles. The van der Waals surface area contributed by atoms with E-state index in [9.17, 15) is 18.8 Å². The third-order valence-electron chi connectivity index (χ3n) is 6.54. The Morgan fingerprint density at radius 2 is 1.97 bits per heavy atom. The summed E-state index contributed by atoms with van der Waals surface area (Å²) in [4.78, 5) is 44.1.